The number of benzene rings is 4. The Bertz CT molecular complexity index is 1600. The molecule has 0 aliphatic rings. The van der Waals surface area contributed by atoms with E-state index in [1.165, 1.54) is 24.3 Å². The third-order valence-corrected chi connectivity index (χ3v) is 5.63. The molecule has 5 rings (SSSR count). The molecule has 0 atom stereocenters. The number of hydrogen-bond donors (Lipinski definition) is 2. The molecule has 2 N–H and O–H groups in total. The lowest BCUT2D eigenvalue weighted by atomic mass is 10.0. The lowest BCUT2D eigenvalue weighted by Crippen LogP contribution is -2.34. The van der Waals surface area contributed by atoms with Crippen molar-refractivity contribution in [3.05, 3.63) is 113 Å². The highest BCUT2D eigenvalue weighted by Gasteiger charge is 2.14. The summed E-state index contributed by atoms with van der Waals surface area (Å²) in [6, 6.07) is 28.7. The molecule has 0 saturated carbocycles. The number of nitro benzene ring substituents is 1. The molecule has 1 aromatic heterocycles. The van der Waals surface area contributed by atoms with E-state index in [0.29, 0.717) is 22.7 Å². The zero-order valence-electron chi connectivity index (χ0n) is 18.7. The molecule has 4 aromatic carbocycles. The van der Waals surface area contributed by atoms with Gasteiger partial charge < -0.3 is 9.73 Å². The Morgan fingerprint density at radius 1 is 0.861 bits per heavy atom. The predicted molar refractivity (Wildman–Crippen MR) is 142 cm³/mol. The van der Waals surface area contributed by atoms with Crippen LogP contribution in [0.5, 0.6) is 0 Å². The van der Waals surface area contributed by atoms with Gasteiger partial charge in [-0.25, -0.2) is 4.98 Å². The van der Waals surface area contributed by atoms with Gasteiger partial charge in [0.1, 0.15) is 5.52 Å². The van der Waals surface area contributed by atoms with Crippen molar-refractivity contribution in [1.82, 2.24) is 10.3 Å². The molecule has 176 valence electrons. The molecule has 0 spiro atoms. The number of nitrogens with one attached hydrogen (secondary N) is 2. The number of nitro groups is 1. The van der Waals surface area contributed by atoms with Gasteiger partial charge in [-0.05, 0) is 59.7 Å². The number of amides is 1. The number of nitrogens with zero attached hydrogens (tertiary/aromatic N) is 2. The molecule has 0 saturated heterocycles. The van der Waals surface area contributed by atoms with E-state index in [1.807, 2.05) is 42.5 Å². The molecule has 0 aliphatic heterocycles. The van der Waals surface area contributed by atoms with E-state index in [4.69, 9.17) is 16.6 Å². The van der Waals surface area contributed by atoms with Crippen molar-refractivity contribution >= 4 is 45.7 Å². The molecule has 0 bridgehead atoms. The first-order valence-electron chi connectivity index (χ1n) is 10.9. The minimum Gasteiger partial charge on any atom is -0.436 e. The number of hydrogen-bond acceptors (Lipinski definition) is 6. The summed E-state index contributed by atoms with van der Waals surface area (Å²) >= 11 is 5.23. The Balaban J connectivity index is 1.28. The van der Waals surface area contributed by atoms with Crippen molar-refractivity contribution < 1.29 is 14.1 Å². The van der Waals surface area contributed by atoms with Crippen LogP contribution in [0.3, 0.4) is 0 Å². The van der Waals surface area contributed by atoms with Crippen molar-refractivity contribution in [2.45, 2.75) is 0 Å². The molecular weight excluding hydrogens is 476 g/mol. The van der Waals surface area contributed by atoms with Gasteiger partial charge in [0.05, 0.1) is 4.92 Å². The molecule has 0 aliphatic carbocycles. The van der Waals surface area contributed by atoms with Gasteiger partial charge in [0.2, 0.25) is 5.89 Å². The zero-order valence-corrected chi connectivity index (χ0v) is 19.5. The molecule has 36 heavy (non-hydrogen) atoms. The van der Waals surface area contributed by atoms with Gasteiger partial charge in [-0.15, -0.1) is 0 Å². The fourth-order valence-corrected chi connectivity index (χ4v) is 3.87. The number of aromatic nitrogens is 1. The first kappa shape index (κ1) is 22.9. The Kier molecular flexibility index (Phi) is 6.21. The average Bonchev–Trinajstić information content (AvgIpc) is 3.33. The summed E-state index contributed by atoms with van der Waals surface area (Å²) in [4.78, 5) is 27.4. The maximum Gasteiger partial charge on any atom is 0.270 e. The molecule has 8 nitrogen and oxygen atoms in total. The maximum absolute atomic E-state index is 12.4. The first-order chi connectivity index (χ1) is 17.5. The normalized spacial score (nSPS) is 10.7. The molecular formula is C27H18N4O4S. The number of carbonyl (C=O) groups excluding carboxylic acids is 1. The molecule has 1 amide bonds. The van der Waals surface area contributed by atoms with Crippen LogP contribution in [0.2, 0.25) is 0 Å². The van der Waals surface area contributed by atoms with Gasteiger partial charge in [-0.2, -0.15) is 0 Å². The predicted octanol–water partition coefficient (Wildman–Crippen LogP) is 6.20. The van der Waals surface area contributed by atoms with E-state index in [9.17, 15) is 14.9 Å². The van der Waals surface area contributed by atoms with Crippen LogP contribution < -0.4 is 10.6 Å². The van der Waals surface area contributed by atoms with E-state index < -0.39 is 10.8 Å². The number of rotatable bonds is 5. The third kappa shape index (κ3) is 4.96. The van der Waals surface area contributed by atoms with Crippen LogP contribution in [0.1, 0.15) is 10.4 Å². The summed E-state index contributed by atoms with van der Waals surface area (Å²) in [5.41, 5.74) is 4.86. The van der Waals surface area contributed by atoms with Crippen LogP contribution in [0.25, 0.3) is 33.7 Å². The second-order valence-corrected chi connectivity index (χ2v) is 8.27. The molecule has 0 unspecified atom stereocenters. The quantitative estimate of drug-likeness (QED) is 0.170. The number of oxazole rings is 1. The van der Waals surface area contributed by atoms with Crippen LogP contribution >= 0.6 is 12.2 Å². The molecule has 9 heteroatoms. The molecule has 5 aromatic rings. The number of non-ortho nitro benzene ring substituents is 1. The summed E-state index contributed by atoms with van der Waals surface area (Å²) in [7, 11) is 0. The van der Waals surface area contributed by atoms with Crippen molar-refractivity contribution in [2.24, 2.45) is 0 Å². The maximum atomic E-state index is 12.4. The van der Waals surface area contributed by atoms with Crippen LogP contribution in [-0.2, 0) is 0 Å². The van der Waals surface area contributed by atoms with Gasteiger partial charge in [-0.3, -0.25) is 20.2 Å². The number of anilines is 1. The van der Waals surface area contributed by atoms with Gasteiger partial charge in [-0.1, -0.05) is 48.5 Å². The van der Waals surface area contributed by atoms with Gasteiger partial charge in [0.15, 0.2) is 10.7 Å². The fraction of sp³-hybridized carbons (Fsp3) is 0. The Hall–Kier alpha value is -4.89. The van der Waals surface area contributed by atoms with E-state index >= 15 is 0 Å². The second-order valence-electron chi connectivity index (χ2n) is 7.86. The highest BCUT2D eigenvalue weighted by molar-refractivity contribution is 7.80. The van der Waals surface area contributed by atoms with Gasteiger partial charge in [0, 0.05) is 28.9 Å². The zero-order chi connectivity index (χ0) is 25.1. The average molecular weight is 495 g/mol. The topological polar surface area (TPSA) is 110 Å². The van der Waals surface area contributed by atoms with Crippen molar-refractivity contribution in [3.63, 3.8) is 0 Å². The number of carbonyl (C=O) groups is 1. The molecule has 0 fully saturated rings. The highest BCUT2D eigenvalue weighted by atomic mass is 32.1. The van der Waals surface area contributed by atoms with Crippen LogP contribution in [-0.4, -0.2) is 20.9 Å². The minimum atomic E-state index is -0.563. The van der Waals surface area contributed by atoms with E-state index in [0.717, 1.165) is 16.7 Å². The van der Waals surface area contributed by atoms with Gasteiger partial charge >= 0.3 is 0 Å². The first-order valence-corrected chi connectivity index (χ1v) is 11.3. The van der Waals surface area contributed by atoms with Crippen molar-refractivity contribution in [3.8, 4) is 22.6 Å². The van der Waals surface area contributed by atoms with Gasteiger partial charge in [0.25, 0.3) is 11.6 Å². The highest BCUT2D eigenvalue weighted by Crippen LogP contribution is 2.28. The molecule has 0 radical (unpaired) electrons. The third-order valence-electron chi connectivity index (χ3n) is 5.43. The van der Waals surface area contributed by atoms with Crippen molar-refractivity contribution in [2.75, 3.05) is 5.32 Å². The van der Waals surface area contributed by atoms with Crippen molar-refractivity contribution in [1.29, 1.82) is 0 Å². The summed E-state index contributed by atoms with van der Waals surface area (Å²) in [6.45, 7) is 0. The minimum absolute atomic E-state index is 0.0473. The monoisotopic (exact) mass is 494 g/mol. The summed E-state index contributed by atoms with van der Waals surface area (Å²) in [6.07, 6.45) is 0. The fourth-order valence-electron chi connectivity index (χ4n) is 3.66. The Morgan fingerprint density at radius 2 is 1.58 bits per heavy atom. The second kappa shape index (κ2) is 9.77. The number of fused-ring (bicyclic) bond motifs is 1. The lowest BCUT2D eigenvalue weighted by Gasteiger charge is -2.09. The lowest BCUT2D eigenvalue weighted by molar-refractivity contribution is -0.384. The van der Waals surface area contributed by atoms with Crippen LogP contribution in [0.4, 0.5) is 11.4 Å². The Morgan fingerprint density at radius 3 is 2.33 bits per heavy atom. The summed E-state index contributed by atoms with van der Waals surface area (Å²) in [5.74, 6) is -0.0664. The van der Waals surface area contributed by atoms with Crippen LogP contribution in [0.15, 0.2) is 101 Å². The van der Waals surface area contributed by atoms with E-state index in [1.54, 1.807) is 18.2 Å². The van der Waals surface area contributed by atoms with E-state index in [2.05, 4.69) is 27.8 Å². The molecule has 1 heterocycles. The Labute approximate surface area is 210 Å². The largest absolute Gasteiger partial charge is 0.436 e. The number of thiocarbonyl (C=S) groups is 1. The smallest absolute Gasteiger partial charge is 0.270 e. The summed E-state index contributed by atoms with van der Waals surface area (Å²) < 4.78 is 5.92. The van der Waals surface area contributed by atoms with E-state index in [-0.39, 0.29) is 16.4 Å². The standard InChI is InChI=1S/C27H18N4O4S/c32-25(20-7-4-8-22(15-20)31(33)34)30-27(36)28-21-13-14-24-23(16-21)29-26(35-24)19-11-9-18(10-12-19)17-5-2-1-3-6-17/h1-16H,(H2,28,30,32,36). The SMILES string of the molecule is O=C(NC(=S)Nc1ccc2oc(-c3ccc(-c4ccccc4)cc3)nc2c1)c1cccc([N+](=O)[O-])c1. The van der Waals surface area contributed by atoms with Crippen LogP contribution in [0, 0.1) is 10.1 Å². The summed E-state index contributed by atoms with van der Waals surface area (Å²) in [5, 5.41) is 16.4.